The van der Waals surface area contributed by atoms with E-state index in [0.717, 1.165) is 38.6 Å². The highest BCUT2D eigenvalue weighted by Crippen LogP contribution is 2.19. The molecule has 0 aromatic heterocycles. The molecule has 3 N–H and O–H groups in total. The maximum absolute atomic E-state index is 12.0. The number of rotatable bonds is 6. The summed E-state index contributed by atoms with van der Waals surface area (Å²) >= 11 is 0. The van der Waals surface area contributed by atoms with Crippen LogP contribution < -0.4 is 11.1 Å². The summed E-state index contributed by atoms with van der Waals surface area (Å²) in [6, 6.07) is 0. The van der Waals surface area contributed by atoms with Crippen LogP contribution in [-0.2, 0) is 9.59 Å². The number of carbonyl (C=O) groups excluding carboxylic acids is 2. The third-order valence-corrected chi connectivity index (χ3v) is 3.78. The van der Waals surface area contributed by atoms with Crippen LogP contribution in [0.4, 0.5) is 0 Å². The Morgan fingerprint density at radius 2 is 1.85 bits per heavy atom. The number of amides is 2. The quantitative estimate of drug-likeness (QED) is 0.721. The van der Waals surface area contributed by atoms with Gasteiger partial charge in [-0.05, 0) is 33.1 Å². The third-order valence-electron chi connectivity index (χ3n) is 3.78. The van der Waals surface area contributed by atoms with E-state index in [-0.39, 0.29) is 17.7 Å². The molecule has 1 fully saturated rings. The molecule has 1 heterocycles. The lowest BCUT2D eigenvalue weighted by Gasteiger charge is -2.35. The summed E-state index contributed by atoms with van der Waals surface area (Å²) in [5.41, 5.74) is 5.00. The molecule has 0 saturated carbocycles. The highest BCUT2D eigenvalue weighted by atomic mass is 16.2. The summed E-state index contributed by atoms with van der Waals surface area (Å²) in [5, 5.41) is 2.99. The molecule has 5 nitrogen and oxygen atoms in total. The molecule has 0 atom stereocenters. The van der Waals surface area contributed by atoms with Gasteiger partial charge >= 0.3 is 0 Å². The van der Waals surface area contributed by atoms with Gasteiger partial charge in [0.2, 0.25) is 11.8 Å². The fourth-order valence-electron chi connectivity index (χ4n) is 2.48. The maximum Gasteiger partial charge on any atom is 0.242 e. The number of nitrogens with one attached hydrogen (secondary N) is 1. The van der Waals surface area contributed by atoms with E-state index >= 15 is 0 Å². The smallest absolute Gasteiger partial charge is 0.242 e. The second kappa shape index (κ2) is 7.62. The van der Waals surface area contributed by atoms with Crippen molar-refractivity contribution >= 4 is 11.8 Å². The summed E-state index contributed by atoms with van der Waals surface area (Å²) in [6.45, 7) is 7.62. The molecule has 1 rings (SSSR count). The monoisotopic (exact) mass is 283 g/mol. The van der Waals surface area contributed by atoms with Gasteiger partial charge in [-0.15, -0.1) is 0 Å². The van der Waals surface area contributed by atoms with Crippen molar-refractivity contribution in [2.75, 3.05) is 19.6 Å². The van der Waals surface area contributed by atoms with Crippen molar-refractivity contribution in [1.82, 2.24) is 10.2 Å². The number of piperidine rings is 1. The van der Waals surface area contributed by atoms with Gasteiger partial charge in [-0.25, -0.2) is 0 Å². The van der Waals surface area contributed by atoms with Crippen molar-refractivity contribution in [3.63, 3.8) is 0 Å². The minimum atomic E-state index is -0.824. The molecule has 5 heteroatoms. The van der Waals surface area contributed by atoms with Crippen LogP contribution in [0, 0.1) is 5.92 Å². The molecular weight excluding hydrogens is 254 g/mol. The number of hydrogen-bond acceptors (Lipinski definition) is 3. The second-order valence-electron chi connectivity index (χ2n) is 6.29. The zero-order valence-corrected chi connectivity index (χ0v) is 13.1. The first-order valence-electron chi connectivity index (χ1n) is 7.72. The highest BCUT2D eigenvalue weighted by Gasteiger charge is 2.32. The number of carbonyl (C=O) groups is 2. The molecule has 2 amide bonds. The minimum Gasteiger partial charge on any atom is -0.356 e. The Labute approximate surface area is 122 Å². The Morgan fingerprint density at radius 3 is 2.35 bits per heavy atom. The van der Waals surface area contributed by atoms with Crippen molar-refractivity contribution in [1.29, 1.82) is 0 Å². The van der Waals surface area contributed by atoms with E-state index in [9.17, 15) is 9.59 Å². The standard InChI is InChI=1S/C15H29N3O2/c1-4-5-6-9-17-13(19)12-7-10-18(11-8-12)14(20)15(2,3)16/h12H,4-11,16H2,1-3H3,(H,17,19). The molecule has 0 aromatic rings. The fourth-order valence-corrected chi connectivity index (χ4v) is 2.48. The fraction of sp³-hybridized carbons (Fsp3) is 0.867. The number of nitrogens with two attached hydrogens (primary N) is 1. The zero-order chi connectivity index (χ0) is 15.2. The van der Waals surface area contributed by atoms with Gasteiger partial charge in [-0.1, -0.05) is 19.8 Å². The van der Waals surface area contributed by atoms with Gasteiger partial charge < -0.3 is 16.0 Å². The largest absolute Gasteiger partial charge is 0.356 e. The summed E-state index contributed by atoms with van der Waals surface area (Å²) in [4.78, 5) is 25.8. The van der Waals surface area contributed by atoms with E-state index in [1.165, 1.54) is 0 Å². The Kier molecular flexibility index (Phi) is 6.46. The van der Waals surface area contributed by atoms with Gasteiger partial charge in [0.05, 0.1) is 5.54 Å². The lowest BCUT2D eigenvalue weighted by Crippen LogP contribution is -2.54. The first-order chi connectivity index (χ1) is 9.36. The van der Waals surface area contributed by atoms with Gasteiger partial charge in [-0.3, -0.25) is 9.59 Å². The molecule has 0 spiro atoms. The van der Waals surface area contributed by atoms with Gasteiger partial charge in [0.1, 0.15) is 0 Å². The van der Waals surface area contributed by atoms with E-state index in [1.807, 2.05) is 0 Å². The van der Waals surface area contributed by atoms with Crippen molar-refractivity contribution in [3.8, 4) is 0 Å². The maximum atomic E-state index is 12.0. The van der Waals surface area contributed by atoms with Crippen LogP contribution in [0.25, 0.3) is 0 Å². The van der Waals surface area contributed by atoms with E-state index in [0.29, 0.717) is 13.1 Å². The first kappa shape index (κ1) is 17.0. The normalized spacial score (nSPS) is 17.1. The third kappa shape index (κ3) is 5.12. The molecule has 1 saturated heterocycles. The van der Waals surface area contributed by atoms with Crippen LogP contribution in [0.1, 0.15) is 52.9 Å². The number of likely N-dealkylation sites (tertiary alicyclic amines) is 1. The van der Waals surface area contributed by atoms with Crippen LogP contribution in [0.2, 0.25) is 0 Å². The molecule has 116 valence electrons. The Hall–Kier alpha value is -1.10. The first-order valence-corrected chi connectivity index (χ1v) is 7.72. The topological polar surface area (TPSA) is 75.4 Å². The molecule has 0 radical (unpaired) electrons. The van der Waals surface area contributed by atoms with Crippen LogP contribution >= 0.6 is 0 Å². The van der Waals surface area contributed by atoms with E-state index < -0.39 is 5.54 Å². The van der Waals surface area contributed by atoms with Gasteiger partial charge in [0.15, 0.2) is 0 Å². The Bertz CT molecular complexity index is 329. The van der Waals surface area contributed by atoms with Gasteiger partial charge in [-0.2, -0.15) is 0 Å². The molecule has 1 aliphatic heterocycles. The minimum absolute atomic E-state index is 0.0284. The molecule has 1 aliphatic rings. The van der Waals surface area contributed by atoms with E-state index in [4.69, 9.17) is 5.73 Å². The van der Waals surface area contributed by atoms with Gasteiger partial charge in [0.25, 0.3) is 0 Å². The Balaban J connectivity index is 2.31. The molecule has 0 aromatic carbocycles. The average Bonchev–Trinajstić information content (AvgIpc) is 2.41. The molecular formula is C15H29N3O2. The molecule has 0 unspecified atom stereocenters. The number of hydrogen-bond donors (Lipinski definition) is 2. The molecule has 20 heavy (non-hydrogen) atoms. The van der Waals surface area contributed by atoms with Crippen LogP contribution in [-0.4, -0.2) is 41.9 Å². The van der Waals surface area contributed by atoms with Crippen LogP contribution in [0.15, 0.2) is 0 Å². The predicted molar refractivity (Wildman–Crippen MR) is 80.1 cm³/mol. The van der Waals surface area contributed by atoms with Crippen LogP contribution in [0.3, 0.4) is 0 Å². The van der Waals surface area contributed by atoms with Crippen molar-refractivity contribution in [3.05, 3.63) is 0 Å². The average molecular weight is 283 g/mol. The van der Waals surface area contributed by atoms with Crippen molar-refractivity contribution in [2.45, 2.75) is 58.4 Å². The van der Waals surface area contributed by atoms with E-state index in [2.05, 4.69) is 12.2 Å². The highest BCUT2D eigenvalue weighted by molar-refractivity contribution is 5.85. The summed E-state index contributed by atoms with van der Waals surface area (Å²) in [6.07, 6.45) is 4.83. The zero-order valence-electron chi connectivity index (χ0n) is 13.1. The Morgan fingerprint density at radius 1 is 1.25 bits per heavy atom. The van der Waals surface area contributed by atoms with Gasteiger partial charge in [0, 0.05) is 25.6 Å². The second-order valence-corrected chi connectivity index (χ2v) is 6.29. The lowest BCUT2D eigenvalue weighted by molar-refractivity contribution is -0.139. The molecule has 0 bridgehead atoms. The SMILES string of the molecule is CCCCCNC(=O)C1CCN(C(=O)C(C)(C)N)CC1. The van der Waals surface area contributed by atoms with Crippen molar-refractivity contribution in [2.24, 2.45) is 11.7 Å². The van der Waals surface area contributed by atoms with Crippen LogP contribution in [0.5, 0.6) is 0 Å². The van der Waals surface area contributed by atoms with Crippen molar-refractivity contribution < 1.29 is 9.59 Å². The lowest BCUT2D eigenvalue weighted by atomic mass is 9.94. The number of unbranched alkanes of at least 4 members (excludes halogenated alkanes) is 2. The summed E-state index contributed by atoms with van der Waals surface area (Å²) in [7, 11) is 0. The number of nitrogens with zero attached hydrogens (tertiary/aromatic N) is 1. The molecule has 0 aliphatic carbocycles. The summed E-state index contributed by atoms with van der Waals surface area (Å²) in [5.74, 6) is 0.154. The van der Waals surface area contributed by atoms with E-state index in [1.54, 1.807) is 18.7 Å². The summed E-state index contributed by atoms with van der Waals surface area (Å²) < 4.78 is 0. The predicted octanol–water partition coefficient (Wildman–Crippen LogP) is 1.27.